The minimum atomic E-state index is -1.16. The molecule has 0 saturated heterocycles. The lowest BCUT2D eigenvalue weighted by Crippen LogP contribution is -2.27. The summed E-state index contributed by atoms with van der Waals surface area (Å²) in [6.45, 7) is 2.11. The van der Waals surface area contributed by atoms with Crippen LogP contribution in [-0.4, -0.2) is 41.8 Å². The lowest BCUT2D eigenvalue weighted by molar-refractivity contribution is -0.131. The third-order valence-electron chi connectivity index (χ3n) is 4.16. The minimum Gasteiger partial charge on any atom is -0.508 e. The molecule has 158 valence electrons. The number of ether oxygens (including phenoxy) is 4. The van der Waals surface area contributed by atoms with E-state index in [1.807, 2.05) is 0 Å². The van der Waals surface area contributed by atoms with Crippen LogP contribution in [0.3, 0.4) is 0 Å². The lowest BCUT2D eigenvalue weighted by Gasteiger charge is -2.25. The van der Waals surface area contributed by atoms with E-state index in [1.165, 1.54) is 18.2 Å². The number of hydrogen-bond acceptors (Lipinski definition) is 7. The summed E-state index contributed by atoms with van der Waals surface area (Å²) in [5, 5.41) is 21.1. The number of benzene rings is 2. The predicted octanol–water partition coefficient (Wildman–Crippen LogP) is 3.46. The van der Waals surface area contributed by atoms with Crippen LogP contribution in [0.4, 0.5) is 10.5 Å². The molecule has 1 aliphatic rings. The van der Waals surface area contributed by atoms with Crippen molar-refractivity contribution in [2.45, 2.75) is 19.1 Å². The molecule has 9 heteroatoms. The van der Waals surface area contributed by atoms with Crippen LogP contribution in [0.15, 0.2) is 54.6 Å². The summed E-state index contributed by atoms with van der Waals surface area (Å²) in [5.41, 5.74) is 0.949. The number of carbonyl (C=O) groups is 2. The number of nitrogens with one attached hydrogen (secondary N) is 1. The Morgan fingerprint density at radius 3 is 2.60 bits per heavy atom. The van der Waals surface area contributed by atoms with Gasteiger partial charge in [-0.15, -0.1) is 0 Å². The highest BCUT2D eigenvalue weighted by molar-refractivity contribution is 5.85. The fraction of sp³-hybridized carbons (Fsp3) is 0.238. The van der Waals surface area contributed by atoms with E-state index in [2.05, 4.69) is 5.32 Å². The van der Waals surface area contributed by atoms with E-state index in [9.17, 15) is 14.7 Å². The van der Waals surface area contributed by atoms with Crippen molar-refractivity contribution in [2.24, 2.45) is 0 Å². The SMILES string of the molecule is CCO[C@@H](/C=C/C(=O)O)[C@@H](OC(=O)Nc1ccc2c(c1)OCO2)c1ccc(O)cc1. The van der Waals surface area contributed by atoms with E-state index in [0.717, 1.165) is 6.08 Å². The third kappa shape index (κ3) is 5.42. The lowest BCUT2D eigenvalue weighted by atomic mass is 10.0. The molecule has 2 aromatic rings. The van der Waals surface area contributed by atoms with Crippen LogP contribution in [0.2, 0.25) is 0 Å². The molecule has 9 nitrogen and oxygen atoms in total. The standard InChI is InChI=1S/C21H21NO8/c1-2-27-17(9-10-19(24)25)20(13-3-6-15(23)7-4-13)30-21(26)22-14-5-8-16-18(11-14)29-12-28-16/h3-11,17,20,23H,2,12H2,1H3,(H,22,26)(H,24,25)/b10-9+/t17-,20-/m0/s1. The highest BCUT2D eigenvalue weighted by atomic mass is 16.7. The monoisotopic (exact) mass is 415 g/mol. The molecule has 0 fully saturated rings. The molecule has 1 aliphatic heterocycles. The number of fused-ring (bicyclic) bond motifs is 1. The quantitative estimate of drug-likeness (QED) is 0.560. The van der Waals surface area contributed by atoms with Gasteiger partial charge in [-0.3, -0.25) is 5.32 Å². The first-order valence-electron chi connectivity index (χ1n) is 9.15. The largest absolute Gasteiger partial charge is 0.508 e. The molecule has 2 atom stereocenters. The van der Waals surface area contributed by atoms with Crippen molar-refractivity contribution in [3.05, 3.63) is 60.2 Å². The number of carbonyl (C=O) groups excluding carboxylic acids is 1. The zero-order chi connectivity index (χ0) is 21.5. The molecule has 0 radical (unpaired) electrons. The molecule has 3 N–H and O–H groups in total. The predicted molar refractivity (Wildman–Crippen MR) is 106 cm³/mol. The first kappa shape index (κ1) is 21.0. The van der Waals surface area contributed by atoms with Crippen molar-refractivity contribution < 1.29 is 38.7 Å². The Kier molecular flexibility index (Phi) is 6.76. The fourth-order valence-corrected chi connectivity index (χ4v) is 2.84. The maximum atomic E-state index is 12.6. The summed E-state index contributed by atoms with van der Waals surface area (Å²) in [7, 11) is 0. The number of carboxylic acids is 1. The molecule has 0 unspecified atom stereocenters. The van der Waals surface area contributed by atoms with Crippen LogP contribution in [-0.2, 0) is 14.3 Å². The molecule has 0 aromatic heterocycles. The van der Waals surface area contributed by atoms with Crippen LogP contribution >= 0.6 is 0 Å². The number of carboxylic acid groups (broad SMARTS) is 1. The summed E-state index contributed by atoms with van der Waals surface area (Å²) in [6, 6.07) is 10.9. The Bertz CT molecular complexity index is 925. The van der Waals surface area contributed by atoms with Crippen LogP contribution in [0.1, 0.15) is 18.6 Å². The second-order valence-electron chi connectivity index (χ2n) is 6.23. The van der Waals surface area contributed by atoms with Crippen molar-refractivity contribution in [2.75, 3.05) is 18.7 Å². The van der Waals surface area contributed by atoms with Gasteiger partial charge in [0.05, 0.1) is 0 Å². The molecule has 0 spiro atoms. The molecule has 1 amide bonds. The van der Waals surface area contributed by atoms with Crippen molar-refractivity contribution >= 4 is 17.7 Å². The smallest absolute Gasteiger partial charge is 0.412 e. The second kappa shape index (κ2) is 9.66. The van der Waals surface area contributed by atoms with Crippen LogP contribution < -0.4 is 14.8 Å². The van der Waals surface area contributed by atoms with E-state index in [-0.39, 0.29) is 19.1 Å². The van der Waals surface area contributed by atoms with Gasteiger partial charge in [0.15, 0.2) is 17.6 Å². The number of phenols is 1. The molecule has 0 aliphatic carbocycles. The number of aromatic hydroxyl groups is 1. The first-order chi connectivity index (χ1) is 14.5. The molecule has 30 heavy (non-hydrogen) atoms. The van der Waals surface area contributed by atoms with Crippen LogP contribution in [0.5, 0.6) is 17.2 Å². The Balaban J connectivity index is 1.80. The number of amides is 1. The normalized spacial score (nSPS) is 14.3. The fourth-order valence-electron chi connectivity index (χ4n) is 2.84. The summed E-state index contributed by atoms with van der Waals surface area (Å²) in [4.78, 5) is 23.5. The third-order valence-corrected chi connectivity index (χ3v) is 4.16. The van der Waals surface area contributed by atoms with E-state index >= 15 is 0 Å². The highest BCUT2D eigenvalue weighted by Gasteiger charge is 2.27. The zero-order valence-corrected chi connectivity index (χ0v) is 16.1. The first-order valence-corrected chi connectivity index (χ1v) is 9.15. The van der Waals surface area contributed by atoms with E-state index < -0.39 is 24.3 Å². The Morgan fingerprint density at radius 2 is 1.90 bits per heavy atom. The van der Waals surface area contributed by atoms with Gasteiger partial charge in [0, 0.05) is 24.4 Å². The molecule has 3 rings (SSSR count). The Labute approximate surface area is 172 Å². The second-order valence-corrected chi connectivity index (χ2v) is 6.23. The van der Waals surface area contributed by atoms with Gasteiger partial charge in [-0.05, 0) is 42.8 Å². The van der Waals surface area contributed by atoms with Gasteiger partial charge in [0.25, 0.3) is 0 Å². The van der Waals surface area contributed by atoms with E-state index in [0.29, 0.717) is 22.7 Å². The van der Waals surface area contributed by atoms with Gasteiger partial charge < -0.3 is 29.2 Å². The van der Waals surface area contributed by atoms with Gasteiger partial charge >= 0.3 is 12.1 Å². The highest BCUT2D eigenvalue weighted by Crippen LogP contribution is 2.34. The summed E-state index contributed by atoms with van der Waals surface area (Å²) < 4.78 is 21.7. The minimum absolute atomic E-state index is 0.0383. The zero-order valence-electron chi connectivity index (χ0n) is 16.1. The van der Waals surface area contributed by atoms with Crippen molar-refractivity contribution in [1.82, 2.24) is 0 Å². The van der Waals surface area contributed by atoms with Gasteiger partial charge in [-0.1, -0.05) is 12.1 Å². The maximum absolute atomic E-state index is 12.6. The number of hydrogen-bond donors (Lipinski definition) is 3. The summed E-state index contributed by atoms with van der Waals surface area (Å²) >= 11 is 0. The van der Waals surface area contributed by atoms with Crippen molar-refractivity contribution in [3.63, 3.8) is 0 Å². The molecular formula is C21H21NO8. The van der Waals surface area contributed by atoms with Gasteiger partial charge in [0.2, 0.25) is 6.79 Å². The van der Waals surface area contributed by atoms with Gasteiger partial charge in [-0.25, -0.2) is 9.59 Å². The van der Waals surface area contributed by atoms with E-state index in [4.69, 9.17) is 24.1 Å². The van der Waals surface area contributed by atoms with E-state index in [1.54, 1.807) is 37.3 Å². The molecular weight excluding hydrogens is 394 g/mol. The van der Waals surface area contributed by atoms with Crippen LogP contribution in [0.25, 0.3) is 0 Å². The summed E-state index contributed by atoms with van der Waals surface area (Å²) in [6.07, 6.45) is -0.377. The maximum Gasteiger partial charge on any atom is 0.412 e. The van der Waals surface area contributed by atoms with Crippen molar-refractivity contribution in [1.29, 1.82) is 0 Å². The number of aliphatic carboxylic acids is 1. The van der Waals surface area contributed by atoms with Crippen molar-refractivity contribution in [3.8, 4) is 17.2 Å². The Morgan fingerprint density at radius 1 is 1.17 bits per heavy atom. The molecule has 1 heterocycles. The molecule has 2 aromatic carbocycles. The average molecular weight is 415 g/mol. The summed E-state index contributed by atoms with van der Waals surface area (Å²) in [5.74, 6) is -0.0455. The van der Waals surface area contributed by atoms with Gasteiger partial charge in [-0.2, -0.15) is 0 Å². The molecule has 0 bridgehead atoms. The topological polar surface area (TPSA) is 124 Å². The van der Waals surface area contributed by atoms with Crippen LogP contribution in [0, 0.1) is 0 Å². The van der Waals surface area contributed by atoms with Gasteiger partial charge in [0.1, 0.15) is 11.9 Å². The molecule has 0 saturated carbocycles. The number of rotatable bonds is 8. The average Bonchev–Trinajstić information content (AvgIpc) is 3.18. The number of phenolic OH excluding ortho intramolecular Hbond substituents is 1. The number of anilines is 1. The Hall–Kier alpha value is -3.72.